The van der Waals surface area contributed by atoms with Crippen LogP contribution in [-0.4, -0.2) is 22.1 Å². The van der Waals surface area contributed by atoms with Crippen molar-refractivity contribution in [2.45, 2.75) is 19.6 Å². The Hall–Kier alpha value is -1.88. The van der Waals surface area contributed by atoms with Crippen LogP contribution < -0.4 is 5.32 Å². The first kappa shape index (κ1) is 12.2. The minimum atomic E-state index is -1.15. The zero-order valence-corrected chi connectivity index (χ0v) is 8.64. The lowest BCUT2D eigenvalue weighted by Crippen LogP contribution is -2.25. The summed E-state index contributed by atoms with van der Waals surface area (Å²) in [7, 11) is 0. The quantitative estimate of drug-likeness (QED) is 0.625. The van der Waals surface area contributed by atoms with Gasteiger partial charge in [-0.3, -0.25) is 9.59 Å². The van der Waals surface area contributed by atoms with Gasteiger partial charge in [0.2, 0.25) is 5.91 Å². The van der Waals surface area contributed by atoms with Gasteiger partial charge in [-0.2, -0.15) is 0 Å². The summed E-state index contributed by atoms with van der Waals surface area (Å²) < 4.78 is 0. The molecule has 0 unspecified atom stereocenters. The van der Waals surface area contributed by atoms with Gasteiger partial charge < -0.3 is 15.5 Å². The Morgan fingerprint density at radius 3 is 2.56 bits per heavy atom. The number of rotatable bonds is 5. The fourth-order valence-electron chi connectivity index (χ4n) is 1.24. The molecule has 0 aliphatic rings. The molecule has 86 valence electrons. The topological polar surface area (TPSA) is 86.6 Å². The molecule has 1 rings (SSSR count). The molecular weight excluding hydrogens is 210 g/mol. The summed E-state index contributed by atoms with van der Waals surface area (Å²) in [6, 6.07) is 7.08. The SMILES string of the molecule is O=C(O)CC(=O)NCc1cccc(CO)c1. The molecule has 1 aromatic rings. The van der Waals surface area contributed by atoms with E-state index in [1.807, 2.05) is 0 Å². The van der Waals surface area contributed by atoms with E-state index in [9.17, 15) is 9.59 Å². The van der Waals surface area contributed by atoms with E-state index in [2.05, 4.69) is 5.32 Å². The second-order valence-electron chi connectivity index (χ2n) is 3.33. The highest BCUT2D eigenvalue weighted by Crippen LogP contribution is 2.04. The van der Waals surface area contributed by atoms with Crippen molar-refractivity contribution < 1.29 is 19.8 Å². The van der Waals surface area contributed by atoms with Gasteiger partial charge in [-0.15, -0.1) is 0 Å². The van der Waals surface area contributed by atoms with E-state index in [0.717, 1.165) is 11.1 Å². The average molecular weight is 223 g/mol. The van der Waals surface area contributed by atoms with Crippen molar-refractivity contribution in [3.8, 4) is 0 Å². The van der Waals surface area contributed by atoms with Gasteiger partial charge in [0.05, 0.1) is 6.61 Å². The van der Waals surface area contributed by atoms with Crippen LogP contribution in [0.25, 0.3) is 0 Å². The number of aliphatic carboxylic acids is 1. The molecule has 0 radical (unpaired) electrons. The molecule has 16 heavy (non-hydrogen) atoms. The van der Waals surface area contributed by atoms with E-state index in [4.69, 9.17) is 10.2 Å². The third kappa shape index (κ3) is 4.10. The van der Waals surface area contributed by atoms with Gasteiger partial charge >= 0.3 is 5.97 Å². The van der Waals surface area contributed by atoms with Gasteiger partial charge in [0, 0.05) is 6.54 Å². The predicted molar refractivity (Wildman–Crippen MR) is 56.5 cm³/mol. The van der Waals surface area contributed by atoms with Crippen LogP contribution in [0.15, 0.2) is 24.3 Å². The predicted octanol–water partition coefficient (Wildman–Crippen LogP) is 0.270. The Morgan fingerprint density at radius 2 is 1.94 bits per heavy atom. The van der Waals surface area contributed by atoms with Crippen molar-refractivity contribution in [2.75, 3.05) is 0 Å². The summed E-state index contributed by atoms with van der Waals surface area (Å²) in [5, 5.41) is 19.7. The lowest BCUT2D eigenvalue weighted by atomic mass is 10.1. The molecule has 3 N–H and O–H groups in total. The molecule has 0 saturated carbocycles. The monoisotopic (exact) mass is 223 g/mol. The molecule has 0 aromatic heterocycles. The van der Waals surface area contributed by atoms with Crippen molar-refractivity contribution in [3.63, 3.8) is 0 Å². The number of carboxylic acid groups (broad SMARTS) is 1. The van der Waals surface area contributed by atoms with Gasteiger partial charge in [-0.25, -0.2) is 0 Å². The highest BCUT2D eigenvalue weighted by atomic mass is 16.4. The first-order valence-corrected chi connectivity index (χ1v) is 4.79. The lowest BCUT2D eigenvalue weighted by molar-refractivity contribution is -0.140. The molecule has 0 aliphatic carbocycles. The summed E-state index contributed by atoms with van der Waals surface area (Å²) in [6.07, 6.45) is -0.528. The Morgan fingerprint density at radius 1 is 1.25 bits per heavy atom. The Labute approximate surface area is 92.7 Å². The normalized spacial score (nSPS) is 9.81. The van der Waals surface area contributed by atoms with Crippen LogP contribution in [0.4, 0.5) is 0 Å². The number of aliphatic hydroxyl groups excluding tert-OH is 1. The maximum atomic E-state index is 11.0. The van der Waals surface area contributed by atoms with Crippen LogP contribution in [0.2, 0.25) is 0 Å². The number of carbonyl (C=O) groups is 2. The number of aliphatic hydroxyl groups is 1. The van der Waals surface area contributed by atoms with E-state index in [-0.39, 0.29) is 13.2 Å². The Balaban J connectivity index is 2.47. The van der Waals surface area contributed by atoms with Crippen LogP contribution >= 0.6 is 0 Å². The van der Waals surface area contributed by atoms with Crippen LogP contribution in [0.5, 0.6) is 0 Å². The van der Waals surface area contributed by atoms with Crippen molar-refractivity contribution in [3.05, 3.63) is 35.4 Å². The number of amides is 1. The number of hydrogen-bond donors (Lipinski definition) is 3. The van der Waals surface area contributed by atoms with Gasteiger partial charge in [-0.05, 0) is 11.1 Å². The lowest BCUT2D eigenvalue weighted by Gasteiger charge is -2.05. The minimum Gasteiger partial charge on any atom is -0.481 e. The van der Waals surface area contributed by atoms with Crippen molar-refractivity contribution in [1.82, 2.24) is 5.32 Å². The van der Waals surface area contributed by atoms with E-state index >= 15 is 0 Å². The molecule has 0 fully saturated rings. The maximum absolute atomic E-state index is 11.0. The van der Waals surface area contributed by atoms with Crippen LogP contribution in [0, 0.1) is 0 Å². The highest BCUT2D eigenvalue weighted by molar-refractivity contribution is 5.93. The summed E-state index contributed by atoms with van der Waals surface area (Å²) in [5.74, 6) is -1.68. The van der Waals surface area contributed by atoms with Crippen molar-refractivity contribution in [2.24, 2.45) is 0 Å². The molecular formula is C11H13NO4. The zero-order chi connectivity index (χ0) is 12.0. The largest absolute Gasteiger partial charge is 0.481 e. The molecule has 5 heteroatoms. The maximum Gasteiger partial charge on any atom is 0.312 e. The Kier molecular flexibility index (Phi) is 4.47. The van der Waals surface area contributed by atoms with Gasteiger partial charge in [0.1, 0.15) is 6.42 Å². The van der Waals surface area contributed by atoms with Crippen molar-refractivity contribution >= 4 is 11.9 Å². The molecule has 0 aliphatic heterocycles. The zero-order valence-electron chi connectivity index (χ0n) is 8.64. The van der Waals surface area contributed by atoms with Crippen LogP contribution in [-0.2, 0) is 22.7 Å². The van der Waals surface area contributed by atoms with E-state index in [0.29, 0.717) is 0 Å². The third-order valence-electron chi connectivity index (χ3n) is 1.98. The fraction of sp³-hybridized carbons (Fsp3) is 0.273. The fourth-order valence-corrected chi connectivity index (χ4v) is 1.24. The minimum absolute atomic E-state index is 0.0586. The number of carbonyl (C=O) groups excluding carboxylic acids is 1. The summed E-state index contributed by atoms with van der Waals surface area (Å²) in [5.41, 5.74) is 1.58. The highest BCUT2D eigenvalue weighted by Gasteiger charge is 2.06. The standard InChI is InChI=1S/C11H13NO4/c13-7-9-3-1-2-8(4-9)6-12-10(14)5-11(15)16/h1-4,13H,5-7H2,(H,12,14)(H,15,16). The molecule has 1 aromatic carbocycles. The van der Waals surface area contributed by atoms with E-state index < -0.39 is 18.3 Å². The number of nitrogens with one attached hydrogen (secondary N) is 1. The number of carboxylic acids is 1. The van der Waals surface area contributed by atoms with Gasteiger partial charge in [0.25, 0.3) is 0 Å². The number of benzene rings is 1. The molecule has 0 bridgehead atoms. The van der Waals surface area contributed by atoms with E-state index in [1.165, 1.54) is 0 Å². The smallest absolute Gasteiger partial charge is 0.312 e. The summed E-state index contributed by atoms with van der Waals surface area (Å²) in [6.45, 7) is 0.205. The Bertz CT molecular complexity index is 389. The second kappa shape index (κ2) is 5.87. The molecule has 5 nitrogen and oxygen atoms in total. The van der Waals surface area contributed by atoms with Crippen LogP contribution in [0.1, 0.15) is 17.5 Å². The van der Waals surface area contributed by atoms with Gasteiger partial charge in [0.15, 0.2) is 0 Å². The van der Waals surface area contributed by atoms with Crippen molar-refractivity contribution in [1.29, 1.82) is 0 Å². The molecule has 0 heterocycles. The first-order valence-electron chi connectivity index (χ1n) is 4.79. The van der Waals surface area contributed by atoms with Gasteiger partial charge in [-0.1, -0.05) is 24.3 Å². The molecule has 1 amide bonds. The molecule has 0 spiro atoms. The first-order chi connectivity index (χ1) is 7.61. The average Bonchev–Trinajstić information content (AvgIpc) is 2.26. The van der Waals surface area contributed by atoms with E-state index in [1.54, 1.807) is 24.3 Å². The summed E-state index contributed by atoms with van der Waals surface area (Å²) in [4.78, 5) is 21.3. The molecule has 0 atom stereocenters. The third-order valence-corrected chi connectivity index (χ3v) is 1.98. The molecule has 0 saturated heterocycles. The second-order valence-corrected chi connectivity index (χ2v) is 3.33. The summed E-state index contributed by atoms with van der Waals surface area (Å²) >= 11 is 0. The number of hydrogen-bond acceptors (Lipinski definition) is 3. The van der Waals surface area contributed by atoms with Crippen LogP contribution in [0.3, 0.4) is 0 Å².